The lowest BCUT2D eigenvalue weighted by molar-refractivity contribution is 0.100. The molecule has 0 saturated carbocycles. The van der Waals surface area contributed by atoms with Crippen molar-refractivity contribution in [3.63, 3.8) is 0 Å². The van der Waals surface area contributed by atoms with Crippen LogP contribution in [0.1, 0.15) is 37.0 Å². The topological polar surface area (TPSA) is 81.1 Å². The van der Waals surface area contributed by atoms with Gasteiger partial charge in [0.2, 0.25) is 0 Å². The first-order valence-corrected chi connectivity index (χ1v) is 6.05. The van der Waals surface area contributed by atoms with E-state index < -0.39 is 11.7 Å². The van der Waals surface area contributed by atoms with Gasteiger partial charge >= 0.3 is 0 Å². The summed E-state index contributed by atoms with van der Waals surface area (Å²) < 4.78 is 13.1. The molecule has 0 heterocycles. The summed E-state index contributed by atoms with van der Waals surface area (Å²) >= 11 is 0. The molecule has 4 nitrogen and oxygen atoms in total. The fraction of sp³-hybridized carbons (Fsp3) is 0.462. The molecule has 0 atom stereocenters. The van der Waals surface area contributed by atoms with Crippen LogP contribution < -0.4 is 16.8 Å². The number of nitrogens with one attached hydrogen (secondary N) is 1. The van der Waals surface area contributed by atoms with Crippen molar-refractivity contribution in [3.05, 3.63) is 29.6 Å². The lowest BCUT2D eigenvalue weighted by Gasteiger charge is -2.33. The summed E-state index contributed by atoms with van der Waals surface area (Å²) in [5.41, 5.74) is 11.4. The van der Waals surface area contributed by atoms with E-state index in [9.17, 15) is 9.18 Å². The van der Waals surface area contributed by atoms with Crippen molar-refractivity contribution in [2.24, 2.45) is 11.5 Å². The van der Waals surface area contributed by atoms with Gasteiger partial charge in [0.25, 0.3) is 5.91 Å². The monoisotopic (exact) mass is 253 g/mol. The van der Waals surface area contributed by atoms with Gasteiger partial charge in [0, 0.05) is 17.8 Å². The second-order valence-corrected chi connectivity index (χ2v) is 4.37. The van der Waals surface area contributed by atoms with Gasteiger partial charge in [0.15, 0.2) is 0 Å². The molecule has 0 bridgehead atoms. The second-order valence-electron chi connectivity index (χ2n) is 4.37. The van der Waals surface area contributed by atoms with E-state index in [0.717, 1.165) is 18.9 Å². The number of primary amides is 1. The van der Waals surface area contributed by atoms with Crippen LogP contribution in [0.4, 0.5) is 10.1 Å². The van der Waals surface area contributed by atoms with Gasteiger partial charge in [-0.2, -0.15) is 0 Å². The molecule has 0 spiro atoms. The van der Waals surface area contributed by atoms with E-state index in [2.05, 4.69) is 5.32 Å². The molecule has 0 radical (unpaired) electrons. The zero-order chi connectivity index (χ0) is 13.8. The average molecular weight is 253 g/mol. The third kappa shape index (κ3) is 2.98. The Balaban J connectivity index is 3.13. The van der Waals surface area contributed by atoms with Gasteiger partial charge in [-0.05, 0) is 31.0 Å². The van der Waals surface area contributed by atoms with Crippen molar-refractivity contribution in [2.45, 2.75) is 32.2 Å². The van der Waals surface area contributed by atoms with E-state index in [4.69, 9.17) is 11.5 Å². The number of rotatable bonds is 6. The summed E-state index contributed by atoms with van der Waals surface area (Å²) in [4.78, 5) is 11.3. The average Bonchev–Trinajstić information content (AvgIpc) is 2.37. The van der Waals surface area contributed by atoms with Crippen LogP contribution in [0.25, 0.3) is 0 Å². The molecule has 100 valence electrons. The minimum Gasteiger partial charge on any atom is -0.378 e. The Morgan fingerprint density at radius 3 is 2.44 bits per heavy atom. The number of amides is 1. The summed E-state index contributed by atoms with van der Waals surface area (Å²) in [6.45, 7) is 4.45. The molecule has 5 N–H and O–H groups in total. The SMILES string of the molecule is CCC(CC)(CN)Nc1ccc(F)cc1C(N)=O. The molecule has 1 amide bonds. The standard InChI is InChI=1S/C13H20FN3O/c1-3-13(4-2,8-15)17-11-6-5-9(14)7-10(11)12(16)18/h5-7,17H,3-4,8,15H2,1-2H3,(H2,16,18). The van der Waals surface area contributed by atoms with Gasteiger partial charge in [0.1, 0.15) is 5.82 Å². The highest BCUT2D eigenvalue weighted by Gasteiger charge is 2.25. The lowest BCUT2D eigenvalue weighted by atomic mass is 9.92. The first kappa shape index (κ1) is 14.4. The number of benzene rings is 1. The maximum Gasteiger partial charge on any atom is 0.250 e. The molecule has 0 unspecified atom stereocenters. The van der Waals surface area contributed by atoms with Crippen LogP contribution in [0.2, 0.25) is 0 Å². The maximum atomic E-state index is 13.1. The number of carbonyl (C=O) groups is 1. The van der Waals surface area contributed by atoms with E-state index in [1.54, 1.807) is 0 Å². The van der Waals surface area contributed by atoms with E-state index in [0.29, 0.717) is 12.2 Å². The third-order valence-corrected chi connectivity index (χ3v) is 3.39. The molecule has 0 aliphatic carbocycles. The van der Waals surface area contributed by atoms with Crippen LogP contribution in [0.5, 0.6) is 0 Å². The predicted molar refractivity (Wildman–Crippen MR) is 70.9 cm³/mol. The molecule has 0 saturated heterocycles. The highest BCUT2D eigenvalue weighted by molar-refractivity contribution is 5.98. The Morgan fingerprint density at radius 1 is 1.39 bits per heavy atom. The Hall–Kier alpha value is -1.62. The molecule has 0 aliphatic rings. The summed E-state index contributed by atoms with van der Waals surface area (Å²) in [5, 5.41) is 3.23. The predicted octanol–water partition coefficient (Wildman–Crippen LogP) is 1.85. The number of carbonyl (C=O) groups excluding carboxylic acids is 1. The maximum absolute atomic E-state index is 13.1. The molecule has 1 rings (SSSR count). The number of nitrogens with two attached hydrogens (primary N) is 2. The highest BCUT2D eigenvalue weighted by Crippen LogP contribution is 2.24. The summed E-state index contributed by atoms with van der Waals surface area (Å²) in [6, 6.07) is 3.95. The molecule has 0 aromatic heterocycles. The molecule has 5 heteroatoms. The molecule has 0 fully saturated rings. The Kier molecular flexibility index (Phi) is 4.67. The number of hydrogen-bond acceptors (Lipinski definition) is 3. The number of anilines is 1. The molecule has 0 aliphatic heterocycles. The summed E-state index contributed by atoms with van der Waals surface area (Å²) in [5.74, 6) is -1.14. The van der Waals surface area contributed by atoms with Crippen molar-refractivity contribution in [1.29, 1.82) is 0 Å². The van der Waals surface area contributed by atoms with Crippen molar-refractivity contribution in [1.82, 2.24) is 0 Å². The van der Waals surface area contributed by atoms with E-state index >= 15 is 0 Å². The van der Waals surface area contributed by atoms with E-state index in [-0.39, 0.29) is 11.1 Å². The van der Waals surface area contributed by atoms with Crippen LogP contribution in [-0.2, 0) is 0 Å². The van der Waals surface area contributed by atoms with Crippen molar-refractivity contribution in [2.75, 3.05) is 11.9 Å². The molecular weight excluding hydrogens is 233 g/mol. The van der Waals surface area contributed by atoms with Gasteiger partial charge < -0.3 is 16.8 Å². The Morgan fingerprint density at radius 2 is 2.00 bits per heavy atom. The van der Waals surface area contributed by atoms with Crippen LogP contribution in [0, 0.1) is 5.82 Å². The molecular formula is C13H20FN3O. The van der Waals surface area contributed by atoms with Crippen LogP contribution >= 0.6 is 0 Å². The first-order chi connectivity index (χ1) is 8.48. The molecule has 1 aromatic carbocycles. The quantitative estimate of drug-likeness (QED) is 0.723. The summed E-state index contributed by atoms with van der Waals surface area (Å²) in [6.07, 6.45) is 1.60. The van der Waals surface area contributed by atoms with Crippen LogP contribution in [-0.4, -0.2) is 18.0 Å². The van der Waals surface area contributed by atoms with Crippen molar-refractivity contribution < 1.29 is 9.18 Å². The minimum atomic E-state index is -0.657. The second kappa shape index (κ2) is 5.82. The smallest absolute Gasteiger partial charge is 0.250 e. The van der Waals surface area contributed by atoms with Gasteiger partial charge in [-0.3, -0.25) is 4.79 Å². The zero-order valence-corrected chi connectivity index (χ0v) is 10.8. The largest absolute Gasteiger partial charge is 0.378 e. The number of hydrogen-bond donors (Lipinski definition) is 3. The van der Waals surface area contributed by atoms with Crippen LogP contribution in [0.3, 0.4) is 0 Å². The first-order valence-electron chi connectivity index (χ1n) is 6.05. The Bertz CT molecular complexity index is 422. The Labute approximate surface area is 107 Å². The lowest BCUT2D eigenvalue weighted by Crippen LogP contribution is -2.44. The molecule has 18 heavy (non-hydrogen) atoms. The van der Waals surface area contributed by atoms with E-state index in [1.807, 2.05) is 13.8 Å². The fourth-order valence-corrected chi connectivity index (χ4v) is 1.88. The fourth-order valence-electron chi connectivity index (χ4n) is 1.88. The molecule has 1 aromatic rings. The number of halogens is 1. The normalized spacial score (nSPS) is 11.3. The zero-order valence-electron chi connectivity index (χ0n) is 10.8. The van der Waals surface area contributed by atoms with Gasteiger partial charge in [-0.25, -0.2) is 4.39 Å². The minimum absolute atomic E-state index is 0.148. The van der Waals surface area contributed by atoms with Gasteiger partial charge in [-0.15, -0.1) is 0 Å². The van der Waals surface area contributed by atoms with E-state index in [1.165, 1.54) is 12.1 Å². The van der Waals surface area contributed by atoms with Gasteiger partial charge in [0.05, 0.1) is 5.56 Å². The van der Waals surface area contributed by atoms with Crippen molar-refractivity contribution in [3.8, 4) is 0 Å². The highest BCUT2D eigenvalue weighted by atomic mass is 19.1. The summed E-state index contributed by atoms with van der Waals surface area (Å²) in [7, 11) is 0. The third-order valence-electron chi connectivity index (χ3n) is 3.39. The van der Waals surface area contributed by atoms with Gasteiger partial charge in [-0.1, -0.05) is 13.8 Å². The van der Waals surface area contributed by atoms with Crippen LogP contribution in [0.15, 0.2) is 18.2 Å². The van der Waals surface area contributed by atoms with Crippen molar-refractivity contribution >= 4 is 11.6 Å².